The number of carbonyl (C=O) groups excluding carboxylic acids is 1. The van der Waals surface area contributed by atoms with Crippen LogP contribution in [0, 0.1) is 0 Å². The molecule has 0 aliphatic rings. The molecule has 0 saturated heterocycles. The molecule has 0 saturated carbocycles. The zero-order valence-corrected chi connectivity index (χ0v) is 13.8. The van der Waals surface area contributed by atoms with E-state index in [0.717, 1.165) is 12.0 Å². The normalized spacial score (nSPS) is 11.0. The summed E-state index contributed by atoms with van der Waals surface area (Å²) in [5.41, 5.74) is 1.97. The Hall–Kier alpha value is -2.34. The van der Waals surface area contributed by atoms with Gasteiger partial charge < -0.3 is 5.32 Å². The first kappa shape index (κ1) is 17.0. The number of sulfonamides is 1. The Kier molecular flexibility index (Phi) is 5.76. The van der Waals surface area contributed by atoms with Crippen LogP contribution >= 0.6 is 0 Å². The van der Waals surface area contributed by atoms with E-state index in [2.05, 4.69) is 10.0 Å². The molecule has 2 rings (SSSR count). The molecule has 0 spiro atoms. The lowest BCUT2D eigenvalue weighted by Gasteiger charge is -2.09. The van der Waals surface area contributed by atoms with Crippen LogP contribution in [0.25, 0.3) is 0 Å². The number of carbonyl (C=O) groups is 1. The summed E-state index contributed by atoms with van der Waals surface area (Å²) < 4.78 is 25.6. The summed E-state index contributed by atoms with van der Waals surface area (Å²) in [5, 5.41) is 2.84. The van der Waals surface area contributed by atoms with E-state index in [9.17, 15) is 13.2 Å². The molecule has 122 valence electrons. The third kappa shape index (κ3) is 5.41. The molecular weight excluding hydrogens is 312 g/mol. The van der Waals surface area contributed by atoms with E-state index in [4.69, 9.17) is 0 Å². The van der Waals surface area contributed by atoms with Gasteiger partial charge in [-0.2, -0.15) is 0 Å². The molecular formula is C17H20N2O3S. The number of benzene rings is 2. The highest BCUT2D eigenvalue weighted by molar-refractivity contribution is 7.92. The molecule has 6 heteroatoms. The Balaban J connectivity index is 1.94. The molecule has 0 aromatic heterocycles. The van der Waals surface area contributed by atoms with Crippen molar-refractivity contribution in [3.63, 3.8) is 0 Å². The minimum Gasteiger partial charge on any atom is -0.352 e. The Morgan fingerprint density at radius 3 is 2.48 bits per heavy atom. The first-order valence-corrected chi connectivity index (χ1v) is 9.08. The number of amides is 1. The van der Waals surface area contributed by atoms with Gasteiger partial charge in [0.25, 0.3) is 5.91 Å². The monoisotopic (exact) mass is 332 g/mol. The molecule has 0 bridgehead atoms. The van der Waals surface area contributed by atoms with Gasteiger partial charge in [-0.1, -0.05) is 36.4 Å². The van der Waals surface area contributed by atoms with Crippen molar-refractivity contribution < 1.29 is 13.2 Å². The average Bonchev–Trinajstić information content (AvgIpc) is 2.55. The summed E-state index contributed by atoms with van der Waals surface area (Å²) in [6, 6.07) is 16.3. The molecule has 2 aromatic carbocycles. The summed E-state index contributed by atoms with van der Waals surface area (Å²) in [6.07, 6.45) is 0.745. The molecule has 1 amide bonds. The van der Waals surface area contributed by atoms with E-state index in [1.165, 1.54) is 6.07 Å². The molecule has 0 unspecified atom stereocenters. The highest BCUT2D eigenvalue weighted by Gasteiger charge is 2.09. The van der Waals surface area contributed by atoms with Crippen LogP contribution in [0.4, 0.5) is 5.69 Å². The van der Waals surface area contributed by atoms with Gasteiger partial charge in [0.05, 0.1) is 5.75 Å². The lowest BCUT2D eigenvalue weighted by atomic mass is 10.1. The highest BCUT2D eigenvalue weighted by Crippen LogP contribution is 2.12. The van der Waals surface area contributed by atoms with Crippen molar-refractivity contribution in [2.24, 2.45) is 0 Å². The van der Waals surface area contributed by atoms with Crippen LogP contribution in [0.1, 0.15) is 22.8 Å². The van der Waals surface area contributed by atoms with E-state index in [0.29, 0.717) is 17.8 Å². The summed E-state index contributed by atoms with van der Waals surface area (Å²) in [4.78, 5) is 12.1. The maximum Gasteiger partial charge on any atom is 0.251 e. The van der Waals surface area contributed by atoms with Gasteiger partial charge in [-0.25, -0.2) is 8.42 Å². The molecule has 0 heterocycles. The number of nitrogens with one attached hydrogen (secondary N) is 2. The molecule has 23 heavy (non-hydrogen) atoms. The van der Waals surface area contributed by atoms with E-state index in [1.807, 2.05) is 30.3 Å². The van der Waals surface area contributed by atoms with Gasteiger partial charge in [0.1, 0.15) is 0 Å². The summed E-state index contributed by atoms with van der Waals surface area (Å²) >= 11 is 0. The summed E-state index contributed by atoms with van der Waals surface area (Å²) in [6.45, 7) is 2.08. The predicted octanol–water partition coefficient (Wildman–Crippen LogP) is 2.42. The molecule has 0 atom stereocenters. The van der Waals surface area contributed by atoms with Crippen molar-refractivity contribution in [3.05, 3.63) is 65.7 Å². The van der Waals surface area contributed by atoms with Crippen LogP contribution in [0.15, 0.2) is 54.6 Å². The van der Waals surface area contributed by atoms with Gasteiger partial charge in [0.15, 0.2) is 0 Å². The second kappa shape index (κ2) is 7.78. The molecule has 0 aliphatic heterocycles. The van der Waals surface area contributed by atoms with Crippen LogP contribution < -0.4 is 10.0 Å². The summed E-state index contributed by atoms with van der Waals surface area (Å²) in [5.74, 6) is -0.237. The van der Waals surface area contributed by atoms with Crippen LogP contribution in [-0.4, -0.2) is 26.6 Å². The standard InChI is InChI=1S/C17H20N2O3S/c1-2-23(21,22)19-16-10-6-9-15(13-16)17(20)18-12-11-14-7-4-3-5-8-14/h3-10,13,19H,2,11-12H2,1H3,(H,18,20). The topological polar surface area (TPSA) is 75.3 Å². The highest BCUT2D eigenvalue weighted by atomic mass is 32.2. The van der Waals surface area contributed by atoms with Gasteiger partial charge in [-0.05, 0) is 37.1 Å². The van der Waals surface area contributed by atoms with Crippen LogP contribution in [0.3, 0.4) is 0 Å². The van der Waals surface area contributed by atoms with Gasteiger partial charge in [0.2, 0.25) is 10.0 Å². The van der Waals surface area contributed by atoms with Crippen molar-refractivity contribution in [2.75, 3.05) is 17.0 Å². The first-order valence-electron chi connectivity index (χ1n) is 7.43. The Morgan fingerprint density at radius 2 is 1.78 bits per heavy atom. The average molecular weight is 332 g/mol. The van der Waals surface area contributed by atoms with Crippen LogP contribution in [0.2, 0.25) is 0 Å². The fourth-order valence-electron chi connectivity index (χ4n) is 2.04. The number of rotatable bonds is 7. The zero-order chi connectivity index (χ0) is 16.7. The van der Waals surface area contributed by atoms with Crippen molar-refractivity contribution in [1.29, 1.82) is 0 Å². The van der Waals surface area contributed by atoms with Crippen molar-refractivity contribution in [3.8, 4) is 0 Å². The Bertz CT molecular complexity index is 758. The molecule has 0 fully saturated rings. The first-order chi connectivity index (χ1) is 11.0. The molecule has 5 nitrogen and oxygen atoms in total. The second-order valence-electron chi connectivity index (χ2n) is 5.08. The lowest BCUT2D eigenvalue weighted by molar-refractivity contribution is 0.0954. The van der Waals surface area contributed by atoms with Gasteiger partial charge in [-0.15, -0.1) is 0 Å². The largest absolute Gasteiger partial charge is 0.352 e. The maximum absolute atomic E-state index is 12.1. The number of anilines is 1. The smallest absolute Gasteiger partial charge is 0.251 e. The molecule has 2 aromatic rings. The Labute approximate surface area is 136 Å². The molecule has 2 N–H and O–H groups in total. The predicted molar refractivity (Wildman–Crippen MR) is 92.0 cm³/mol. The summed E-state index contributed by atoms with van der Waals surface area (Å²) in [7, 11) is -3.35. The lowest BCUT2D eigenvalue weighted by Crippen LogP contribution is -2.25. The quantitative estimate of drug-likeness (QED) is 0.817. The fraction of sp³-hybridized carbons (Fsp3) is 0.235. The maximum atomic E-state index is 12.1. The van der Waals surface area contributed by atoms with Crippen molar-refractivity contribution in [2.45, 2.75) is 13.3 Å². The number of hydrogen-bond acceptors (Lipinski definition) is 3. The Morgan fingerprint density at radius 1 is 1.04 bits per heavy atom. The van der Waals surface area contributed by atoms with Gasteiger partial charge in [0, 0.05) is 17.8 Å². The van der Waals surface area contributed by atoms with Gasteiger partial charge >= 0.3 is 0 Å². The van der Waals surface area contributed by atoms with E-state index >= 15 is 0 Å². The minimum atomic E-state index is -3.35. The third-order valence-electron chi connectivity index (χ3n) is 3.32. The van der Waals surface area contributed by atoms with Crippen LogP contribution in [0.5, 0.6) is 0 Å². The van der Waals surface area contributed by atoms with Crippen molar-refractivity contribution in [1.82, 2.24) is 5.32 Å². The van der Waals surface area contributed by atoms with E-state index < -0.39 is 10.0 Å². The van der Waals surface area contributed by atoms with Crippen molar-refractivity contribution >= 4 is 21.6 Å². The SMILES string of the molecule is CCS(=O)(=O)Nc1cccc(C(=O)NCCc2ccccc2)c1. The van der Waals surface area contributed by atoms with Crippen LogP contribution in [-0.2, 0) is 16.4 Å². The number of hydrogen-bond donors (Lipinski definition) is 2. The van der Waals surface area contributed by atoms with Gasteiger partial charge in [-0.3, -0.25) is 9.52 Å². The minimum absolute atomic E-state index is 0.0134. The zero-order valence-electron chi connectivity index (χ0n) is 13.0. The van der Waals surface area contributed by atoms with E-state index in [1.54, 1.807) is 25.1 Å². The second-order valence-corrected chi connectivity index (χ2v) is 7.09. The fourth-order valence-corrected chi connectivity index (χ4v) is 2.67. The van der Waals surface area contributed by atoms with E-state index in [-0.39, 0.29) is 11.7 Å². The molecule has 0 aliphatic carbocycles. The molecule has 0 radical (unpaired) electrons. The third-order valence-corrected chi connectivity index (χ3v) is 4.63.